The van der Waals surface area contributed by atoms with E-state index < -0.39 is 5.54 Å². The van der Waals surface area contributed by atoms with Crippen molar-refractivity contribution >= 4 is 17.7 Å². The van der Waals surface area contributed by atoms with Crippen molar-refractivity contribution in [2.75, 3.05) is 19.1 Å². The minimum atomic E-state index is -0.650. The number of thioether (sulfide) groups is 1. The summed E-state index contributed by atoms with van der Waals surface area (Å²) in [5.74, 6) is 1.59. The summed E-state index contributed by atoms with van der Waals surface area (Å²) < 4.78 is 0. The average Bonchev–Trinajstić information content (AvgIpc) is 3.07. The van der Waals surface area contributed by atoms with E-state index in [0.29, 0.717) is 5.92 Å². The molecule has 0 heterocycles. The molecule has 4 heteroatoms. The minimum Gasteiger partial charge on any atom is -0.341 e. The van der Waals surface area contributed by atoms with Gasteiger partial charge in [0.1, 0.15) is 0 Å². The molecule has 1 aliphatic rings. The van der Waals surface area contributed by atoms with E-state index in [1.165, 1.54) is 0 Å². The van der Waals surface area contributed by atoms with Gasteiger partial charge in [-0.05, 0) is 51.0 Å². The summed E-state index contributed by atoms with van der Waals surface area (Å²) in [6.45, 7) is 3.97. The third-order valence-electron chi connectivity index (χ3n) is 3.61. The van der Waals surface area contributed by atoms with E-state index in [1.54, 1.807) is 0 Å². The summed E-state index contributed by atoms with van der Waals surface area (Å²) in [4.78, 5) is 14.1. The highest BCUT2D eigenvalue weighted by Crippen LogP contribution is 2.39. The summed E-state index contributed by atoms with van der Waals surface area (Å²) >= 11 is 1.82. The standard InChI is InChI=1S/C12H24N2OS/c1-9(7-8-16-4)14(3)11(15)12(2,13)10-5-6-10/h9-10H,5-8,13H2,1-4H3. The molecular formula is C12H24N2OS. The van der Waals surface area contributed by atoms with E-state index in [9.17, 15) is 4.79 Å². The Morgan fingerprint density at radius 3 is 2.62 bits per heavy atom. The van der Waals surface area contributed by atoms with Gasteiger partial charge in [0, 0.05) is 13.1 Å². The van der Waals surface area contributed by atoms with Gasteiger partial charge in [-0.3, -0.25) is 4.79 Å². The summed E-state index contributed by atoms with van der Waals surface area (Å²) in [5, 5.41) is 0. The monoisotopic (exact) mass is 244 g/mol. The molecule has 0 aromatic rings. The zero-order valence-corrected chi connectivity index (χ0v) is 11.6. The van der Waals surface area contributed by atoms with Crippen LogP contribution in [0.2, 0.25) is 0 Å². The van der Waals surface area contributed by atoms with Crippen LogP contribution in [-0.4, -0.2) is 41.4 Å². The van der Waals surface area contributed by atoms with Gasteiger partial charge in [-0.2, -0.15) is 11.8 Å². The molecule has 2 N–H and O–H groups in total. The lowest BCUT2D eigenvalue weighted by Gasteiger charge is -2.33. The van der Waals surface area contributed by atoms with E-state index in [1.807, 2.05) is 30.6 Å². The molecule has 1 aliphatic carbocycles. The molecule has 2 atom stereocenters. The second-order valence-corrected chi connectivity index (χ2v) is 6.09. The first-order valence-corrected chi connectivity index (χ1v) is 7.35. The van der Waals surface area contributed by atoms with Crippen LogP contribution in [-0.2, 0) is 4.79 Å². The van der Waals surface area contributed by atoms with E-state index in [0.717, 1.165) is 25.0 Å². The highest BCUT2D eigenvalue weighted by atomic mass is 32.2. The van der Waals surface area contributed by atoms with Gasteiger partial charge in [-0.1, -0.05) is 0 Å². The fourth-order valence-electron chi connectivity index (χ4n) is 1.92. The molecule has 2 unspecified atom stereocenters. The second-order valence-electron chi connectivity index (χ2n) is 5.10. The van der Waals surface area contributed by atoms with Crippen LogP contribution in [0, 0.1) is 5.92 Å². The molecule has 0 bridgehead atoms. The number of carbonyl (C=O) groups is 1. The summed E-state index contributed by atoms with van der Waals surface area (Å²) in [6, 6.07) is 0.279. The predicted octanol–water partition coefficient (Wildman–Crippen LogP) is 1.71. The molecule has 0 aromatic carbocycles. The molecule has 3 nitrogen and oxygen atoms in total. The Hall–Kier alpha value is -0.220. The predicted molar refractivity (Wildman–Crippen MR) is 70.5 cm³/mol. The first-order valence-electron chi connectivity index (χ1n) is 5.96. The van der Waals surface area contributed by atoms with Crippen LogP contribution in [0.5, 0.6) is 0 Å². The molecule has 0 spiro atoms. The lowest BCUT2D eigenvalue weighted by atomic mass is 9.95. The molecule has 1 fully saturated rings. The maximum atomic E-state index is 12.2. The number of amides is 1. The molecule has 16 heavy (non-hydrogen) atoms. The molecule has 94 valence electrons. The Labute approximate surface area is 103 Å². The molecular weight excluding hydrogens is 220 g/mol. The highest BCUT2D eigenvalue weighted by Gasteiger charge is 2.45. The lowest BCUT2D eigenvalue weighted by Crippen LogP contribution is -2.55. The molecule has 1 rings (SSSR count). The van der Waals surface area contributed by atoms with Crippen molar-refractivity contribution in [2.24, 2.45) is 11.7 Å². The topological polar surface area (TPSA) is 46.3 Å². The Morgan fingerprint density at radius 2 is 2.19 bits per heavy atom. The molecule has 1 amide bonds. The Bertz CT molecular complexity index is 251. The van der Waals surface area contributed by atoms with Crippen molar-refractivity contribution < 1.29 is 4.79 Å². The van der Waals surface area contributed by atoms with E-state index in [2.05, 4.69) is 13.2 Å². The van der Waals surface area contributed by atoms with Crippen LogP contribution in [0.4, 0.5) is 0 Å². The molecule has 0 aliphatic heterocycles. The first kappa shape index (κ1) is 13.8. The molecule has 0 saturated heterocycles. The van der Waals surface area contributed by atoms with Crippen LogP contribution in [0.15, 0.2) is 0 Å². The van der Waals surface area contributed by atoms with Crippen molar-refractivity contribution in [3.8, 4) is 0 Å². The molecule has 1 saturated carbocycles. The van der Waals surface area contributed by atoms with Gasteiger partial charge >= 0.3 is 0 Å². The van der Waals surface area contributed by atoms with Crippen molar-refractivity contribution in [3.05, 3.63) is 0 Å². The van der Waals surface area contributed by atoms with Crippen LogP contribution < -0.4 is 5.73 Å². The summed E-state index contributed by atoms with van der Waals surface area (Å²) in [6.07, 6.45) is 5.33. The van der Waals surface area contributed by atoms with Gasteiger partial charge in [-0.15, -0.1) is 0 Å². The third kappa shape index (κ3) is 3.14. The maximum absolute atomic E-state index is 12.2. The van der Waals surface area contributed by atoms with E-state index in [-0.39, 0.29) is 11.9 Å². The fraction of sp³-hybridized carbons (Fsp3) is 0.917. The number of hydrogen-bond acceptors (Lipinski definition) is 3. The molecule has 0 aromatic heterocycles. The SMILES string of the molecule is CSCCC(C)N(C)C(=O)C(C)(N)C1CC1. The highest BCUT2D eigenvalue weighted by molar-refractivity contribution is 7.98. The Morgan fingerprint density at radius 1 is 1.62 bits per heavy atom. The third-order valence-corrected chi connectivity index (χ3v) is 4.25. The van der Waals surface area contributed by atoms with Crippen LogP contribution in [0.25, 0.3) is 0 Å². The number of nitrogens with two attached hydrogens (primary N) is 1. The zero-order chi connectivity index (χ0) is 12.3. The lowest BCUT2D eigenvalue weighted by molar-refractivity contribution is -0.137. The van der Waals surface area contributed by atoms with Gasteiger partial charge in [0.25, 0.3) is 0 Å². The van der Waals surface area contributed by atoms with E-state index >= 15 is 0 Å². The maximum Gasteiger partial charge on any atom is 0.242 e. The number of rotatable bonds is 6. The van der Waals surface area contributed by atoms with Gasteiger partial charge in [0.05, 0.1) is 5.54 Å². The van der Waals surface area contributed by atoms with Gasteiger partial charge in [0.2, 0.25) is 5.91 Å². The quantitative estimate of drug-likeness (QED) is 0.774. The zero-order valence-electron chi connectivity index (χ0n) is 10.8. The number of nitrogens with zero attached hydrogens (tertiary/aromatic N) is 1. The van der Waals surface area contributed by atoms with E-state index in [4.69, 9.17) is 5.73 Å². The largest absolute Gasteiger partial charge is 0.341 e. The molecule has 0 radical (unpaired) electrons. The second kappa shape index (κ2) is 5.41. The van der Waals surface area contributed by atoms with Crippen molar-refractivity contribution in [2.45, 2.75) is 44.7 Å². The smallest absolute Gasteiger partial charge is 0.242 e. The van der Waals surface area contributed by atoms with Crippen LogP contribution in [0.3, 0.4) is 0 Å². The van der Waals surface area contributed by atoms with Gasteiger partial charge in [-0.25, -0.2) is 0 Å². The minimum absolute atomic E-state index is 0.101. The van der Waals surface area contributed by atoms with Crippen molar-refractivity contribution in [1.82, 2.24) is 4.90 Å². The van der Waals surface area contributed by atoms with Gasteiger partial charge in [0.15, 0.2) is 0 Å². The van der Waals surface area contributed by atoms with Crippen LogP contribution in [0.1, 0.15) is 33.1 Å². The van der Waals surface area contributed by atoms with Gasteiger partial charge < -0.3 is 10.6 Å². The normalized spacial score (nSPS) is 21.3. The summed E-state index contributed by atoms with van der Waals surface area (Å²) in [5.41, 5.74) is 5.49. The Balaban J connectivity index is 2.51. The fourth-order valence-corrected chi connectivity index (χ4v) is 2.50. The first-order chi connectivity index (χ1) is 7.41. The Kier molecular flexibility index (Phi) is 4.68. The van der Waals surface area contributed by atoms with Crippen molar-refractivity contribution in [1.29, 1.82) is 0 Å². The van der Waals surface area contributed by atoms with Crippen molar-refractivity contribution in [3.63, 3.8) is 0 Å². The average molecular weight is 244 g/mol. The number of carbonyl (C=O) groups excluding carboxylic acids is 1. The number of hydrogen-bond donors (Lipinski definition) is 1. The van der Waals surface area contributed by atoms with Crippen LogP contribution >= 0.6 is 11.8 Å². The summed E-state index contributed by atoms with van der Waals surface area (Å²) in [7, 11) is 1.88. The number of likely N-dealkylation sites (N-methyl/N-ethyl adjacent to an activating group) is 1.